The van der Waals surface area contributed by atoms with Gasteiger partial charge in [0.2, 0.25) is 0 Å². The number of rotatable bonds is 4. The molecule has 2 aliphatic rings. The maximum absolute atomic E-state index is 13.1. The van der Waals surface area contributed by atoms with Crippen molar-refractivity contribution in [3.63, 3.8) is 0 Å². The van der Waals surface area contributed by atoms with Gasteiger partial charge in [-0.25, -0.2) is 4.79 Å². The molecule has 0 spiro atoms. The van der Waals surface area contributed by atoms with Gasteiger partial charge >= 0.3 is 18.5 Å². The van der Waals surface area contributed by atoms with Crippen molar-refractivity contribution in [2.24, 2.45) is 0 Å². The standard InChI is InChI=1S/C19H18Cl2F6O3/c1-11(20)16(7-3-5-13(9-16)18(22,23)24)29-15(28)30-17(12(2)21)8-4-6-14(10-17)19(25,26)27/h3-8,11-12H,9-10H2,1-2H3. The van der Waals surface area contributed by atoms with Crippen molar-refractivity contribution in [1.82, 2.24) is 0 Å². The summed E-state index contributed by atoms with van der Waals surface area (Å²) in [6, 6.07) is 0. The average molecular weight is 479 g/mol. The van der Waals surface area contributed by atoms with E-state index in [0.29, 0.717) is 0 Å². The number of halogens is 8. The first-order chi connectivity index (χ1) is 13.6. The van der Waals surface area contributed by atoms with Crippen molar-refractivity contribution < 1.29 is 40.6 Å². The van der Waals surface area contributed by atoms with Gasteiger partial charge in [0, 0.05) is 24.0 Å². The second-order valence-electron chi connectivity index (χ2n) is 7.05. The molecule has 0 amide bonds. The Kier molecular flexibility index (Phi) is 6.98. The summed E-state index contributed by atoms with van der Waals surface area (Å²) in [6.45, 7) is 2.65. The van der Waals surface area contributed by atoms with Crippen molar-refractivity contribution in [3.8, 4) is 0 Å². The lowest BCUT2D eigenvalue weighted by molar-refractivity contribution is -0.110. The third kappa shape index (κ3) is 5.35. The highest BCUT2D eigenvalue weighted by molar-refractivity contribution is 6.21. The van der Waals surface area contributed by atoms with Crippen molar-refractivity contribution in [2.45, 2.75) is 61.0 Å². The smallest absolute Gasteiger partial charge is 0.421 e. The molecule has 0 radical (unpaired) electrons. The average Bonchev–Trinajstić information content (AvgIpc) is 2.60. The van der Waals surface area contributed by atoms with Crippen LogP contribution in [-0.4, -0.2) is 40.5 Å². The van der Waals surface area contributed by atoms with Gasteiger partial charge in [-0.3, -0.25) is 0 Å². The molecule has 30 heavy (non-hydrogen) atoms. The summed E-state index contributed by atoms with van der Waals surface area (Å²) < 4.78 is 89.0. The van der Waals surface area contributed by atoms with Crippen molar-refractivity contribution >= 4 is 29.4 Å². The first-order valence-electron chi connectivity index (χ1n) is 8.73. The number of hydrogen-bond donors (Lipinski definition) is 0. The van der Waals surface area contributed by atoms with Gasteiger partial charge < -0.3 is 9.47 Å². The molecule has 0 N–H and O–H groups in total. The quantitative estimate of drug-likeness (QED) is 0.254. The summed E-state index contributed by atoms with van der Waals surface area (Å²) in [6.07, 6.45) is -6.33. The normalized spacial score (nSPS) is 29.0. The van der Waals surface area contributed by atoms with Gasteiger partial charge in [-0.1, -0.05) is 24.3 Å². The number of allylic oxidation sites excluding steroid dienone is 4. The Bertz CT molecular complexity index is 731. The predicted molar refractivity (Wildman–Crippen MR) is 99.4 cm³/mol. The fourth-order valence-electron chi connectivity index (χ4n) is 3.05. The number of carbonyl (C=O) groups is 1. The van der Waals surface area contributed by atoms with E-state index in [2.05, 4.69) is 0 Å². The highest BCUT2D eigenvalue weighted by Gasteiger charge is 2.49. The molecule has 2 aliphatic carbocycles. The number of carbonyl (C=O) groups excluding carboxylic acids is 1. The molecule has 3 nitrogen and oxygen atoms in total. The Morgan fingerprint density at radius 2 is 1.20 bits per heavy atom. The molecule has 0 saturated heterocycles. The zero-order valence-electron chi connectivity index (χ0n) is 15.8. The van der Waals surface area contributed by atoms with Gasteiger partial charge in [0.1, 0.15) is 0 Å². The van der Waals surface area contributed by atoms with E-state index in [-0.39, 0.29) is 0 Å². The third-order valence-corrected chi connectivity index (χ3v) is 5.65. The van der Waals surface area contributed by atoms with Crippen LogP contribution in [0.1, 0.15) is 26.7 Å². The van der Waals surface area contributed by atoms with E-state index in [1.807, 2.05) is 0 Å². The van der Waals surface area contributed by atoms with Gasteiger partial charge in [0.25, 0.3) is 0 Å². The summed E-state index contributed by atoms with van der Waals surface area (Å²) in [5.41, 5.74) is -5.78. The van der Waals surface area contributed by atoms with Crippen LogP contribution in [0.25, 0.3) is 0 Å². The molecule has 0 fully saturated rings. The van der Waals surface area contributed by atoms with E-state index in [4.69, 9.17) is 32.7 Å². The zero-order chi connectivity index (χ0) is 23.0. The van der Waals surface area contributed by atoms with Gasteiger partial charge in [-0.15, -0.1) is 23.2 Å². The van der Waals surface area contributed by atoms with E-state index in [1.165, 1.54) is 26.0 Å². The molecule has 0 heterocycles. The van der Waals surface area contributed by atoms with Crippen molar-refractivity contribution in [2.75, 3.05) is 0 Å². The van der Waals surface area contributed by atoms with Crippen LogP contribution < -0.4 is 0 Å². The fourth-order valence-corrected chi connectivity index (χ4v) is 3.44. The summed E-state index contributed by atoms with van der Waals surface area (Å²) in [5.74, 6) is 0. The highest BCUT2D eigenvalue weighted by Crippen LogP contribution is 2.43. The van der Waals surface area contributed by atoms with Crippen LogP contribution in [0, 0.1) is 0 Å². The summed E-state index contributed by atoms with van der Waals surface area (Å²) in [4.78, 5) is 12.5. The lowest BCUT2D eigenvalue weighted by atomic mass is 9.86. The maximum atomic E-state index is 13.1. The monoisotopic (exact) mass is 478 g/mol. The minimum Gasteiger partial charge on any atom is -0.421 e. The first kappa shape index (κ1) is 24.7. The third-order valence-electron chi connectivity index (χ3n) is 4.91. The van der Waals surface area contributed by atoms with Crippen molar-refractivity contribution in [1.29, 1.82) is 0 Å². The summed E-state index contributed by atoms with van der Waals surface area (Å²) in [5, 5.41) is -2.21. The van der Waals surface area contributed by atoms with E-state index < -0.39 is 64.5 Å². The highest BCUT2D eigenvalue weighted by atomic mass is 35.5. The van der Waals surface area contributed by atoms with Crippen LogP contribution in [-0.2, 0) is 9.47 Å². The molecule has 4 atom stereocenters. The SMILES string of the molecule is CC(Cl)C1(OC(=O)OC2(C(C)Cl)C=CC=C(C(F)(F)F)C2)C=CC=C(C(F)(F)F)C1. The molecule has 2 rings (SSSR count). The molecule has 0 aliphatic heterocycles. The number of alkyl halides is 8. The zero-order valence-corrected chi connectivity index (χ0v) is 17.3. The van der Waals surface area contributed by atoms with Crippen LogP contribution in [0.2, 0.25) is 0 Å². The molecule has 4 unspecified atom stereocenters. The van der Waals surface area contributed by atoms with Crippen LogP contribution in [0.5, 0.6) is 0 Å². The van der Waals surface area contributed by atoms with Crippen molar-refractivity contribution in [3.05, 3.63) is 47.6 Å². The number of hydrogen-bond acceptors (Lipinski definition) is 3. The molecule has 168 valence electrons. The largest absolute Gasteiger partial charge is 0.510 e. The lowest BCUT2D eigenvalue weighted by Gasteiger charge is -2.39. The maximum Gasteiger partial charge on any atom is 0.510 e. The van der Waals surface area contributed by atoms with Gasteiger partial charge in [-0.2, -0.15) is 26.3 Å². The Morgan fingerprint density at radius 1 is 0.867 bits per heavy atom. The molecule has 0 bridgehead atoms. The van der Waals surface area contributed by atoms with Crippen LogP contribution in [0.15, 0.2) is 47.6 Å². The van der Waals surface area contributed by atoms with Crippen LogP contribution >= 0.6 is 23.2 Å². The van der Waals surface area contributed by atoms with Gasteiger partial charge in [0.15, 0.2) is 11.2 Å². The lowest BCUT2D eigenvalue weighted by Crippen LogP contribution is -2.48. The van der Waals surface area contributed by atoms with Gasteiger partial charge in [-0.05, 0) is 26.0 Å². The fraction of sp³-hybridized carbons (Fsp3) is 0.526. The second kappa shape index (κ2) is 8.49. The second-order valence-corrected chi connectivity index (χ2v) is 8.36. The molecule has 0 aromatic heterocycles. The summed E-state index contributed by atoms with van der Waals surface area (Å²) in [7, 11) is 0. The topological polar surface area (TPSA) is 35.5 Å². The Morgan fingerprint density at radius 3 is 1.47 bits per heavy atom. The molecule has 0 saturated carbocycles. The minimum atomic E-state index is -4.68. The Hall–Kier alpha value is -1.61. The van der Waals surface area contributed by atoms with E-state index in [0.717, 1.165) is 24.3 Å². The Balaban J connectivity index is 2.25. The summed E-state index contributed by atoms with van der Waals surface area (Å²) >= 11 is 12.0. The predicted octanol–water partition coefficient (Wildman–Crippen LogP) is 6.77. The molecule has 0 aromatic carbocycles. The minimum absolute atomic E-state index is 0.778. The van der Waals surface area contributed by atoms with Gasteiger partial charge in [0.05, 0.1) is 10.8 Å². The first-order valence-corrected chi connectivity index (χ1v) is 9.60. The molecular formula is C19H18Cl2F6O3. The molecule has 11 heteroatoms. The van der Waals surface area contributed by atoms with E-state index >= 15 is 0 Å². The van der Waals surface area contributed by atoms with E-state index in [1.54, 1.807) is 0 Å². The molecular weight excluding hydrogens is 461 g/mol. The van der Waals surface area contributed by atoms with Crippen LogP contribution in [0.3, 0.4) is 0 Å². The van der Waals surface area contributed by atoms with E-state index in [9.17, 15) is 31.1 Å². The molecule has 0 aromatic rings. The Labute approximate surface area is 179 Å². The number of ether oxygens (including phenoxy) is 2. The van der Waals surface area contributed by atoms with Crippen LogP contribution in [0.4, 0.5) is 31.1 Å².